The second-order valence-corrected chi connectivity index (χ2v) is 9.16. The van der Waals surface area contributed by atoms with Gasteiger partial charge in [-0.1, -0.05) is 36.4 Å². The normalized spacial score (nSPS) is 19.8. The summed E-state index contributed by atoms with van der Waals surface area (Å²) in [7, 11) is 0. The molecule has 0 unspecified atom stereocenters. The second-order valence-electron chi connectivity index (χ2n) is 9.16. The molecule has 5 rings (SSSR count). The number of benzene rings is 3. The molecular formula is C29H24F3NO2. The van der Waals surface area contributed by atoms with E-state index in [1.807, 2.05) is 25.1 Å². The molecule has 3 aromatic carbocycles. The van der Waals surface area contributed by atoms with Crippen LogP contribution in [0.25, 0.3) is 11.6 Å². The van der Waals surface area contributed by atoms with Gasteiger partial charge in [0.1, 0.15) is 17.5 Å². The molecule has 178 valence electrons. The van der Waals surface area contributed by atoms with Crippen LogP contribution in [-0.4, -0.2) is 22.0 Å². The van der Waals surface area contributed by atoms with Gasteiger partial charge in [-0.25, -0.2) is 18.0 Å². The molecule has 0 bridgehead atoms. The van der Waals surface area contributed by atoms with E-state index in [1.54, 1.807) is 12.1 Å². The van der Waals surface area contributed by atoms with Crippen molar-refractivity contribution < 1.29 is 23.1 Å². The van der Waals surface area contributed by atoms with Crippen LogP contribution in [0.3, 0.4) is 0 Å². The Hall–Kier alpha value is -3.64. The summed E-state index contributed by atoms with van der Waals surface area (Å²) in [6.07, 6.45) is 3.37. The van der Waals surface area contributed by atoms with Gasteiger partial charge in [0.15, 0.2) is 0 Å². The second kappa shape index (κ2) is 9.19. The van der Waals surface area contributed by atoms with Gasteiger partial charge in [-0.2, -0.15) is 0 Å². The summed E-state index contributed by atoms with van der Waals surface area (Å²) in [6.45, 7) is 2.44. The Kier molecular flexibility index (Phi) is 6.07. The summed E-state index contributed by atoms with van der Waals surface area (Å²) in [6, 6.07) is 15.9. The van der Waals surface area contributed by atoms with Crippen molar-refractivity contribution >= 4 is 17.6 Å². The lowest BCUT2D eigenvalue weighted by Gasteiger charge is -2.42. The Morgan fingerprint density at radius 1 is 1.06 bits per heavy atom. The fourth-order valence-electron chi connectivity index (χ4n) is 5.34. The van der Waals surface area contributed by atoms with Gasteiger partial charge in [-0.05, 0) is 83.5 Å². The SMILES string of the molecule is C[C@@H]1CC2=C(Cc3ccccc32)[C@@H](c2c(F)cc(/C=C/C(=O)O)cc2F)N1Cc1ccc(F)cc1. The standard InChI is InChI=1S/C29H24F3NO2/c1-17-12-23-22-5-3-2-4-20(22)15-24(23)29(33(17)16-18-6-9-21(30)10-7-18)28-25(31)13-19(14-26(28)32)8-11-27(34)35/h2-11,13-14,17,29H,12,15-16H2,1H3,(H,34,35)/b11-8+/t17-,29+/m1/s1. The molecule has 1 heterocycles. The lowest BCUT2D eigenvalue weighted by molar-refractivity contribution is -0.131. The molecule has 0 amide bonds. The number of carboxylic acids is 1. The fraction of sp³-hybridized carbons (Fsp3) is 0.207. The van der Waals surface area contributed by atoms with Crippen LogP contribution < -0.4 is 0 Å². The van der Waals surface area contributed by atoms with Crippen molar-refractivity contribution in [3.05, 3.63) is 118 Å². The molecule has 1 aliphatic heterocycles. The molecule has 0 fully saturated rings. The third-order valence-electron chi connectivity index (χ3n) is 6.91. The van der Waals surface area contributed by atoms with Gasteiger partial charge >= 0.3 is 5.97 Å². The first-order valence-electron chi connectivity index (χ1n) is 11.5. The van der Waals surface area contributed by atoms with Gasteiger partial charge in [0.25, 0.3) is 0 Å². The molecule has 35 heavy (non-hydrogen) atoms. The maximum atomic E-state index is 15.6. The van der Waals surface area contributed by atoms with Crippen molar-refractivity contribution in [1.82, 2.24) is 4.90 Å². The Morgan fingerprint density at radius 3 is 2.43 bits per heavy atom. The third-order valence-corrected chi connectivity index (χ3v) is 6.91. The Bertz CT molecular complexity index is 1340. The Morgan fingerprint density at radius 2 is 1.74 bits per heavy atom. The zero-order valence-corrected chi connectivity index (χ0v) is 19.1. The van der Waals surface area contributed by atoms with Crippen LogP contribution in [0.15, 0.2) is 72.3 Å². The summed E-state index contributed by atoms with van der Waals surface area (Å²) in [4.78, 5) is 12.9. The van der Waals surface area contributed by atoms with Crippen LogP contribution in [0.1, 0.15) is 47.2 Å². The lowest BCUT2D eigenvalue weighted by Crippen LogP contribution is -2.41. The van der Waals surface area contributed by atoms with E-state index in [0.717, 1.165) is 40.3 Å². The van der Waals surface area contributed by atoms with Crippen molar-refractivity contribution in [2.24, 2.45) is 0 Å². The molecule has 3 nitrogen and oxygen atoms in total. The monoisotopic (exact) mass is 475 g/mol. The van der Waals surface area contributed by atoms with Crippen LogP contribution in [0.2, 0.25) is 0 Å². The van der Waals surface area contributed by atoms with E-state index in [4.69, 9.17) is 5.11 Å². The lowest BCUT2D eigenvalue weighted by atomic mass is 9.84. The van der Waals surface area contributed by atoms with Crippen LogP contribution in [-0.2, 0) is 17.8 Å². The van der Waals surface area contributed by atoms with Crippen LogP contribution in [0, 0.1) is 17.5 Å². The largest absolute Gasteiger partial charge is 0.478 e. The van der Waals surface area contributed by atoms with Crippen LogP contribution >= 0.6 is 0 Å². The highest BCUT2D eigenvalue weighted by atomic mass is 19.1. The van der Waals surface area contributed by atoms with E-state index in [2.05, 4.69) is 11.0 Å². The maximum Gasteiger partial charge on any atom is 0.328 e. The highest BCUT2D eigenvalue weighted by Crippen LogP contribution is 2.50. The molecule has 1 aliphatic carbocycles. The van der Waals surface area contributed by atoms with E-state index < -0.39 is 23.6 Å². The minimum Gasteiger partial charge on any atom is -0.478 e. The molecule has 3 aromatic rings. The third kappa shape index (κ3) is 4.42. The first-order valence-corrected chi connectivity index (χ1v) is 11.5. The number of aliphatic carboxylic acids is 1. The van der Waals surface area contributed by atoms with E-state index >= 15 is 8.78 Å². The van der Waals surface area contributed by atoms with Crippen molar-refractivity contribution in [2.45, 2.75) is 38.4 Å². The van der Waals surface area contributed by atoms with E-state index in [-0.39, 0.29) is 23.0 Å². The molecule has 0 aromatic heterocycles. The molecule has 6 heteroatoms. The van der Waals surface area contributed by atoms with Crippen molar-refractivity contribution in [2.75, 3.05) is 0 Å². The summed E-state index contributed by atoms with van der Waals surface area (Å²) in [5.74, 6) is -2.97. The number of halogens is 3. The molecule has 0 saturated heterocycles. The first-order chi connectivity index (χ1) is 16.8. The Balaban J connectivity index is 1.63. The van der Waals surface area contributed by atoms with Gasteiger partial charge in [0, 0.05) is 24.2 Å². The van der Waals surface area contributed by atoms with Crippen molar-refractivity contribution in [3.8, 4) is 0 Å². The molecular weight excluding hydrogens is 451 g/mol. The summed E-state index contributed by atoms with van der Waals surface area (Å²) in [5.41, 5.74) is 5.31. The van der Waals surface area contributed by atoms with Gasteiger partial charge < -0.3 is 5.11 Å². The minimum atomic E-state index is -1.19. The van der Waals surface area contributed by atoms with E-state index in [9.17, 15) is 9.18 Å². The molecule has 0 radical (unpaired) electrons. The average molecular weight is 476 g/mol. The van der Waals surface area contributed by atoms with Crippen molar-refractivity contribution in [1.29, 1.82) is 0 Å². The van der Waals surface area contributed by atoms with Gasteiger partial charge in [-0.15, -0.1) is 0 Å². The van der Waals surface area contributed by atoms with Crippen LogP contribution in [0.5, 0.6) is 0 Å². The number of carbonyl (C=O) groups is 1. The number of rotatable bonds is 5. The summed E-state index contributed by atoms with van der Waals surface area (Å²) in [5, 5.41) is 8.87. The smallest absolute Gasteiger partial charge is 0.328 e. The molecule has 2 aliphatic rings. The molecule has 0 saturated carbocycles. The highest BCUT2D eigenvalue weighted by Gasteiger charge is 2.41. The van der Waals surface area contributed by atoms with Gasteiger partial charge in [0.05, 0.1) is 6.04 Å². The topological polar surface area (TPSA) is 40.5 Å². The quantitative estimate of drug-likeness (QED) is 0.426. The number of hydrogen-bond donors (Lipinski definition) is 1. The number of fused-ring (bicyclic) bond motifs is 2. The van der Waals surface area contributed by atoms with E-state index in [0.29, 0.717) is 13.0 Å². The van der Waals surface area contributed by atoms with Crippen LogP contribution in [0.4, 0.5) is 13.2 Å². The molecule has 2 atom stereocenters. The number of hydrogen-bond acceptors (Lipinski definition) is 2. The molecule has 0 spiro atoms. The summed E-state index contributed by atoms with van der Waals surface area (Å²) >= 11 is 0. The molecule has 1 N–H and O–H groups in total. The average Bonchev–Trinajstić information content (AvgIpc) is 3.18. The van der Waals surface area contributed by atoms with Gasteiger partial charge in [-0.3, -0.25) is 4.90 Å². The Labute approximate surface area is 201 Å². The zero-order valence-electron chi connectivity index (χ0n) is 19.1. The van der Waals surface area contributed by atoms with Crippen molar-refractivity contribution in [3.63, 3.8) is 0 Å². The van der Waals surface area contributed by atoms with Gasteiger partial charge in [0.2, 0.25) is 0 Å². The fourth-order valence-corrected chi connectivity index (χ4v) is 5.34. The first kappa shape index (κ1) is 23.1. The zero-order chi connectivity index (χ0) is 24.7. The summed E-state index contributed by atoms with van der Waals surface area (Å²) < 4.78 is 44.7. The predicted molar refractivity (Wildman–Crippen MR) is 129 cm³/mol. The minimum absolute atomic E-state index is 0.0275. The predicted octanol–water partition coefficient (Wildman–Crippen LogP) is 6.55. The number of carboxylic acid groups (broad SMARTS) is 1. The van der Waals surface area contributed by atoms with E-state index in [1.165, 1.54) is 30.3 Å². The maximum absolute atomic E-state index is 15.6. The number of nitrogens with zero attached hydrogens (tertiary/aromatic N) is 1. The highest BCUT2D eigenvalue weighted by molar-refractivity contribution is 5.85.